The van der Waals surface area contributed by atoms with Gasteiger partial charge in [0.2, 0.25) is 0 Å². The van der Waals surface area contributed by atoms with E-state index < -0.39 is 6.10 Å². The normalized spacial score (nSPS) is 14.2. The molecule has 0 spiro atoms. The quantitative estimate of drug-likeness (QED) is 0.821. The molecule has 3 nitrogen and oxygen atoms in total. The minimum atomic E-state index is -0.548. The Morgan fingerprint density at radius 3 is 2.53 bits per heavy atom. The van der Waals surface area contributed by atoms with E-state index in [4.69, 9.17) is 0 Å². The third-order valence-corrected chi connectivity index (χ3v) is 3.11. The maximum Gasteiger partial charge on any atom is 0.103 e. The van der Waals surface area contributed by atoms with Crippen molar-refractivity contribution in [3.8, 4) is 0 Å². The molecule has 3 heteroatoms. The van der Waals surface area contributed by atoms with Crippen LogP contribution in [0.2, 0.25) is 0 Å². The van der Waals surface area contributed by atoms with Gasteiger partial charge in [0.1, 0.15) is 6.10 Å². The summed E-state index contributed by atoms with van der Waals surface area (Å²) in [5.41, 5.74) is 2.82. The number of benzene rings is 1. The predicted molar refractivity (Wildman–Crippen MR) is 69.9 cm³/mol. The Morgan fingerprint density at radius 1 is 1.29 bits per heavy atom. The molecule has 0 amide bonds. The topological polar surface area (TPSA) is 38.1 Å². The number of aliphatic hydroxyl groups is 1. The van der Waals surface area contributed by atoms with Gasteiger partial charge in [-0.1, -0.05) is 32.4 Å². The van der Waals surface area contributed by atoms with Crippen LogP contribution in [0.4, 0.5) is 0 Å². The average molecular weight is 232 g/mol. The van der Waals surface area contributed by atoms with Crippen molar-refractivity contribution >= 4 is 10.9 Å². The van der Waals surface area contributed by atoms with Crippen LogP contribution >= 0.6 is 0 Å². The van der Waals surface area contributed by atoms with Crippen LogP contribution in [0.5, 0.6) is 0 Å². The van der Waals surface area contributed by atoms with Gasteiger partial charge in [0.25, 0.3) is 0 Å². The molecule has 2 aromatic rings. The first-order chi connectivity index (χ1) is 7.80. The molecule has 0 aliphatic rings. The standard InChI is InChI=1S/C14H20N2O/c1-9-6-7-11-10(8-9)12(15-16(11)5)13(17)14(2,3)4/h6-8,13,17H,1-5H3. The third kappa shape index (κ3) is 2.07. The number of nitrogens with zero attached hydrogens (tertiary/aromatic N) is 2. The lowest BCUT2D eigenvalue weighted by Crippen LogP contribution is -2.18. The lowest BCUT2D eigenvalue weighted by molar-refractivity contribution is 0.0596. The number of aromatic nitrogens is 2. The van der Waals surface area contributed by atoms with Crippen LogP contribution in [0.15, 0.2) is 18.2 Å². The van der Waals surface area contributed by atoms with Gasteiger partial charge in [-0.05, 0) is 24.5 Å². The van der Waals surface area contributed by atoms with Crippen molar-refractivity contribution in [3.05, 3.63) is 29.5 Å². The largest absolute Gasteiger partial charge is 0.386 e. The van der Waals surface area contributed by atoms with Gasteiger partial charge in [-0.3, -0.25) is 4.68 Å². The van der Waals surface area contributed by atoms with Crippen LogP contribution in [0.3, 0.4) is 0 Å². The van der Waals surface area contributed by atoms with Crippen LogP contribution in [-0.2, 0) is 7.05 Å². The van der Waals surface area contributed by atoms with Crippen molar-refractivity contribution in [3.63, 3.8) is 0 Å². The summed E-state index contributed by atoms with van der Waals surface area (Å²) in [5.74, 6) is 0. The first kappa shape index (κ1) is 12.1. The summed E-state index contributed by atoms with van der Waals surface area (Å²) in [4.78, 5) is 0. The first-order valence-electron chi connectivity index (χ1n) is 5.92. The summed E-state index contributed by atoms with van der Waals surface area (Å²) in [6.07, 6.45) is -0.548. The molecule has 0 saturated heterocycles. The lowest BCUT2D eigenvalue weighted by atomic mass is 9.86. The van der Waals surface area contributed by atoms with Gasteiger partial charge in [-0.15, -0.1) is 0 Å². The SMILES string of the molecule is Cc1ccc2c(c1)c(C(O)C(C)(C)C)nn2C. The minimum absolute atomic E-state index is 0.203. The monoisotopic (exact) mass is 232 g/mol. The molecule has 92 valence electrons. The number of hydrogen-bond acceptors (Lipinski definition) is 2. The van der Waals surface area contributed by atoms with Crippen LogP contribution in [0, 0.1) is 12.3 Å². The Labute approximate surface area is 102 Å². The number of rotatable bonds is 1. The highest BCUT2D eigenvalue weighted by Crippen LogP contribution is 2.35. The molecule has 1 N–H and O–H groups in total. The van der Waals surface area contributed by atoms with Crippen molar-refractivity contribution in [1.29, 1.82) is 0 Å². The van der Waals surface area contributed by atoms with E-state index in [0.29, 0.717) is 0 Å². The molecule has 2 rings (SSSR count). The second-order valence-corrected chi connectivity index (χ2v) is 5.80. The van der Waals surface area contributed by atoms with E-state index in [-0.39, 0.29) is 5.41 Å². The fourth-order valence-corrected chi connectivity index (χ4v) is 2.02. The fourth-order valence-electron chi connectivity index (χ4n) is 2.02. The summed E-state index contributed by atoms with van der Waals surface area (Å²) in [6, 6.07) is 6.21. The van der Waals surface area contributed by atoms with Crippen LogP contribution in [-0.4, -0.2) is 14.9 Å². The summed E-state index contributed by atoms with van der Waals surface area (Å²) in [6.45, 7) is 8.12. The van der Waals surface area contributed by atoms with E-state index in [1.807, 2.05) is 32.5 Å². The zero-order valence-corrected chi connectivity index (χ0v) is 11.2. The van der Waals surface area contributed by atoms with Crippen LogP contribution in [0.1, 0.15) is 38.1 Å². The van der Waals surface area contributed by atoms with Gasteiger partial charge < -0.3 is 5.11 Å². The molecule has 0 saturated carbocycles. The Morgan fingerprint density at radius 2 is 1.94 bits per heavy atom. The summed E-state index contributed by atoms with van der Waals surface area (Å²) in [7, 11) is 1.91. The highest BCUT2D eigenvalue weighted by molar-refractivity contribution is 5.83. The molecule has 17 heavy (non-hydrogen) atoms. The number of aliphatic hydroxyl groups excluding tert-OH is 1. The van der Waals surface area contributed by atoms with Crippen molar-refractivity contribution in [2.24, 2.45) is 12.5 Å². The molecule has 0 fully saturated rings. The van der Waals surface area contributed by atoms with Gasteiger partial charge >= 0.3 is 0 Å². The second-order valence-electron chi connectivity index (χ2n) is 5.80. The molecule has 1 aromatic heterocycles. The number of aryl methyl sites for hydroxylation is 2. The molecule has 1 unspecified atom stereocenters. The Hall–Kier alpha value is -1.35. The van der Waals surface area contributed by atoms with Gasteiger partial charge in [-0.25, -0.2) is 0 Å². The van der Waals surface area contributed by atoms with Gasteiger partial charge in [-0.2, -0.15) is 5.10 Å². The summed E-state index contributed by atoms with van der Waals surface area (Å²) >= 11 is 0. The lowest BCUT2D eigenvalue weighted by Gasteiger charge is -2.24. The van der Waals surface area contributed by atoms with Crippen molar-refractivity contribution < 1.29 is 5.11 Å². The van der Waals surface area contributed by atoms with E-state index in [1.165, 1.54) is 5.56 Å². The van der Waals surface area contributed by atoms with Crippen LogP contribution in [0.25, 0.3) is 10.9 Å². The van der Waals surface area contributed by atoms with E-state index >= 15 is 0 Å². The molecular weight excluding hydrogens is 212 g/mol. The van der Waals surface area contributed by atoms with Gasteiger partial charge in [0, 0.05) is 12.4 Å². The number of fused-ring (bicyclic) bond motifs is 1. The van der Waals surface area contributed by atoms with E-state index in [1.54, 1.807) is 0 Å². The zero-order chi connectivity index (χ0) is 12.8. The van der Waals surface area contributed by atoms with E-state index in [9.17, 15) is 5.11 Å². The third-order valence-electron chi connectivity index (χ3n) is 3.11. The molecule has 0 aliphatic carbocycles. The molecule has 0 radical (unpaired) electrons. The summed E-state index contributed by atoms with van der Waals surface area (Å²) < 4.78 is 1.83. The van der Waals surface area contributed by atoms with Crippen molar-refractivity contribution in [1.82, 2.24) is 9.78 Å². The summed E-state index contributed by atoms with van der Waals surface area (Å²) in [5, 5.41) is 15.9. The maximum absolute atomic E-state index is 10.4. The zero-order valence-electron chi connectivity index (χ0n) is 11.2. The molecule has 1 heterocycles. The minimum Gasteiger partial charge on any atom is -0.386 e. The molecule has 0 bridgehead atoms. The van der Waals surface area contributed by atoms with Crippen molar-refractivity contribution in [2.75, 3.05) is 0 Å². The molecule has 0 aliphatic heterocycles. The smallest absolute Gasteiger partial charge is 0.103 e. The molecule has 1 aromatic carbocycles. The Kier molecular flexibility index (Phi) is 2.74. The Balaban J connectivity index is 2.66. The predicted octanol–water partition coefficient (Wildman–Crippen LogP) is 2.96. The molecular formula is C14H20N2O. The second kappa shape index (κ2) is 3.84. The average Bonchev–Trinajstić information content (AvgIpc) is 2.53. The fraction of sp³-hybridized carbons (Fsp3) is 0.500. The first-order valence-corrected chi connectivity index (χ1v) is 5.92. The van der Waals surface area contributed by atoms with Gasteiger partial charge in [0.15, 0.2) is 0 Å². The van der Waals surface area contributed by atoms with E-state index in [2.05, 4.69) is 30.2 Å². The van der Waals surface area contributed by atoms with Gasteiger partial charge in [0.05, 0.1) is 11.2 Å². The maximum atomic E-state index is 10.4. The van der Waals surface area contributed by atoms with Crippen LogP contribution < -0.4 is 0 Å². The van der Waals surface area contributed by atoms with Crippen molar-refractivity contribution in [2.45, 2.75) is 33.8 Å². The molecule has 1 atom stereocenters. The highest BCUT2D eigenvalue weighted by atomic mass is 16.3. The highest BCUT2D eigenvalue weighted by Gasteiger charge is 2.28. The van der Waals surface area contributed by atoms with E-state index in [0.717, 1.165) is 16.6 Å². The number of hydrogen-bond donors (Lipinski definition) is 1. The Bertz CT molecular complexity index is 549.